The average Bonchev–Trinajstić information content (AvgIpc) is 2.33. The molecule has 0 bridgehead atoms. The van der Waals surface area contributed by atoms with Crippen LogP contribution in [0.25, 0.3) is 0 Å². The molecule has 2 aliphatic rings. The van der Waals surface area contributed by atoms with Crippen molar-refractivity contribution in [3.05, 3.63) is 0 Å². The van der Waals surface area contributed by atoms with E-state index < -0.39 is 5.72 Å². The third-order valence-corrected chi connectivity index (χ3v) is 3.96. The van der Waals surface area contributed by atoms with Crippen LogP contribution >= 0.6 is 0 Å². The average molecular weight is 253 g/mol. The Morgan fingerprint density at radius 2 is 1.94 bits per heavy atom. The van der Waals surface area contributed by atoms with Gasteiger partial charge in [0.25, 0.3) is 0 Å². The van der Waals surface area contributed by atoms with E-state index in [1.54, 1.807) is 0 Å². The lowest BCUT2D eigenvalue weighted by molar-refractivity contribution is -0.217. The third-order valence-electron chi connectivity index (χ3n) is 3.96. The van der Waals surface area contributed by atoms with Gasteiger partial charge < -0.3 is 9.64 Å². The molecule has 2 rings (SSSR count). The SMILES string of the molecule is CC(=O)CC(=O)N1CC(C)COC12CCCCC2. The minimum Gasteiger partial charge on any atom is -0.355 e. The van der Waals surface area contributed by atoms with Crippen LogP contribution in [0.2, 0.25) is 0 Å². The maximum absolute atomic E-state index is 12.3. The Labute approximate surface area is 109 Å². The lowest BCUT2D eigenvalue weighted by atomic mass is 9.87. The lowest BCUT2D eigenvalue weighted by Crippen LogP contribution is -2.60. The van der Waals surface area contributed by atoms with E-state index in [-0.39, 0.29) is 18.1 Å². The van der Waals surface area contributed by atoms with Gasteiger partial charge in [0.2, 0.25) is 5.91 Å². The molecule has 1 spiro atoms. The summed E-state index contributed by atoms with van der Waals surface area (Å²) in [6, 6.07) is 0. The van der Waals surface area contributed by atoms with Crippen molar-refractivity contribution in [3.8, 4) is 0 Å². The summed E-state index contributed by atoms with van der Waals surface area (Å²) >= 11 is 0. The van der Waals surface area contributed by atoms with Crippen LogP contribution in [0.3, 0.4) is 0 Å². The second-order valence-electron chi connectivity index (χ2n) is 5.81. The quantitative estimate of drug-likeness (QED) is 0.708. The zero-order valence-electron chi connectivity index (χ0n) is 11.4. The van der Waals surface area contributed by atoms with Crippen molar-refractivity contribution in [2.45, 2.75) is 58.1 Å². The van der Waals surface area contributed by atoms with E-state index in [0.717, 1.165) is 38.8 Å². The summed E-state index contributed by atoms with van der Waals surface area (Å²) in [5.74, 6) is 0.230. The molecule has 4 nitrogen and oxygen atoms in total. The fourth-order valence-electron chi connectivity index (χ4n) is 3.06. The molecule has 1 saturated carbocycles. The van der Waals surface area contributed by atoms with Crippen LogP contribution in [0.15, 0.2) is 0 Å². The van der Waals surface area contributed by atoms with Gasteiger partial charge in [-0.15, -0.1) is 0 Å². The van der Waals surface area contributed by atoms with E-state index in [1.165, 1.54) is 13.3 Å². The first-order chi connectivity index (χ1) is 8.53. The Balaban J connectivity index is 2.14. The first-order valence-electron chi connectivity index (χ1n) is 6.97. The van der Waals surface area contributed by atoms with E-state index in [9.17, 15) is 9.59 Å². The Morgan fingerprint density at radius 1 is 1.28 bits per heavy atom. The molecule has 1 amide bonds. The monoisotopic (exact) mass is 253 g/mol. The molecule has 0 radical (unpaired) electrons. The number of hydrogen-bond acceptors (Lipinski definition) is 3. The molecule has 1 saturated heterocycles. The summed E-state index contributed by atoms with van der Waals surface area (Å²) in [7, 11) is 0. The molecule has 1 atom stereocenters. The summed E-state index contributed by atoms with van der Waals surface area (Å²) in [5.41, 5.74) is -0.405. The highest BCUT2D eigenvalue weighted by molar-refractivity contribution is 5.97. The van der Waals surface area contributed by atoms with Crippen LogP contribution in [-0.4, -0.2) is 35.5 Å². The molecular formula is C14H23NO3. The summed E-state index contributed by atoms with van der Waals surface area (Å²) in [4.78, 5) is 25.3. The van der Waals surface area contributed by atoms with Gasteiger partial charge in [-0.25, -0.2) is 0 Å². The van der Waals surface area contributed by atoms with Gasteiger partial charge in [-0.2, -0.15) is 0 Å². The predicted octanol–water partition coefficient (Wildman–Crippen LogP) is 2.12. The number of carbonyl (C=O) groups excluding carboxylic acids is 2. The highest BCUT2D eigenvalue weighted by atomic mass is 16.5. The minimum atomic E-state index is -0.405. The summed E-state index contributed by atoms with van der Waals surface area (Å²) in [6.45, 7) is 5.01. The molecule has 0 N–H and O–H groups in total. The number of rotatable bonds is 2. The fourth-order valence-corrected chi connectivity index (χ4v) is 3.06. The van der Waals surface area contributed by atoms with Gasteiger partial charge in [-0.05, 0) is 38.5 Å². The fraction of sp³-hybridized carbons (Fsp3) is 0.857. The number of nitrogens with zero attached hydrogens (tertiary/aromatic N) is 1. The zero-order chi connectivity index (χ0) is 13.2. The smallest absolute Gasteiger partial charge is 0.232 e. The van der Waals surface area contributed by atoms with Crippen molar-refractivity contribution in [1.29, 1.82) is 0 Å². The van der Waals surface area contributed by atoms with Crippen LogP contribution in [0.1, 0.15) is 52.4 Å². The lowest BCUT2D eigenvalue weighted by Gasteiger charge is -2.50. The van der Waals surface area contributed by atoms with Gasteiger partial charge in [0.05, 0.1) is 13.0 Å². The molecule has 1 aliphatic carbocycles. The van der Waals surface area contributed by atoms with Gasteiger partial charge in [-0.1, -0.05) is 13.3 Å². The van der Waals surface area contributed by atoms with Crippen molar-refractivity contribution in [2.75, 3.05) is 13.2 Å². The molecule has 2 fully saturated rings. The Morgan fingerprint density at radius 3 is 2.56 bits per heavy atom. The Bertz CT molecular complexity index is 334. The molecule has 0 aromatic carbocycles. The number of carbonyl (C=O) groups is 2. The zero-order valence-corrected chi connectivity index (χ0v) is 11.4. The topological polar surface area (TPSA) is 46.6 Å². The van der Waals surface area contributed by atoms with Gasteiger partial charge >= 0.3 is 0 Å². The molecule has 0 aromatic rings. The molecule has 4 heteroatoms. The first kappa shape index (κ1) is 13.5. The number of ketones is 1. The number of hydrogen-bond donors (Lipinski definition) is 0. The first-order valence-corrected chi connectivity index (χ1v) is 6.97. The molecule has 1 aliphatic heterocycles. The minimum absolute atomic E-state index is 0.0117. The van der Waals surface area contributed by atoms with Crippen LogP contribution in [0, 0.1) is 5.92 Å². The van der Waals surface area contributed by atoms with Crippen LogP contribution in [-0.2, 0) is 14.3 Å². The van der Waals surface area contributed by atoms with Crippen LogP contribution < -0.4 is 0 Å². The second kappa shape index (κ2) is 5.39. The number of Topliss-reactive ketones (excluding diaryl/α,β-unsaturated/α-hetero) is 1. The number of ether oxygens (including phenoxy) is 1. The standard InChI is InChI=1S/C14H23NO3/c1-11-9-15(13(17)8-12(2)16)14(18-10-11)6-4-3-5-7-14/h11H,3-10H2,1-2H3. The van der Waals surface area contributed by atoms with E-state index in [0.29, 0.717) is 5.92 Å². The molecule has 0 aromatic heterocycles. The van der Waals surface area contributed by atoms with E-state index >= 15 is 0 Å². The van der Waals surface area contributed by atoms with Crippen molar-refractivity contribution >= 4 is 11.7 Å². The summed E-state index contributed by atoms with van der Waals surface area (Å²) < 4.78 is 6.03. The predicted molar refractivity (Wildman–Crippen MR) is 67.9 cm³/mol. The number of amides is 1. The second-order valence-corrected chi connectivity index (χ2v) is 5.81. The van der Waals surface area contributed by atoms with Crippen molar-refractivity contribution < 1.29 is 14.3 Å². The van der Waals surface area contributed by atoms with Crippen LogP contribution in [0.4, 0.5) is 0 Å². The Kier molecular flexibility index (Phi) is 4.05. The Hall–Kier alpha value is -0.900. The normalized spacial score (nSPS) is 27.2. The van der Waals surface area contributed by atoms with Gasteiger partial charge in [0.15, 0.2) is 0 Å². The van der Waals surface area contributed by atoms with E-state index in [4.69, 9.17) is 4.74 Å². The van der Waals surface area contributed by atoms with Gasteiger partial charge in [0.1, 0.15) is 11.5 Å². The largest absolute Gasteiger partial charge is 0.355 e. The third kappa shape index (κ3) is 2.74. The van der Waals surface area contributed by atoms with Crippen molar-refractivity contribution in [2.24, 2.45) is 5.92 Å². The highest BCUT2D eigenvalue weighted by Crippen LogP contribution is 2.38. The van der Waals surface area contributed by atoms with E-state index in [1.807, 2.05) is 4.90 Å². The molecule has 102 valence electrons. The maximum Gasteiger partial charge on any atom is 0.232 e. The van der Waals surface area contributed by atoms with Crippen molar-refractivity contribution in [1.82, 2.24) is 4.90 Å². The van der Waals surface area contributed by atoms with Crippen LogP contribution in [0.5, 0.6) is 0 Å². The van der Waals surface area contributed by atoms with Gasteiger partial charge in [0, 0.05) is 6.54 Å². The maximum atomic E-state index is 12.3. The molecule has 1 heterocycles. The summed E-state index contributed by atoms with van der Waals surface area (Å²) in [6.07, 6.45) is 5.29. The molecule has 1 unspecified atom stereocenters. The van der Waals surface area contributed by atoms with Crippen molar-refractivity contribution in [3.63, 3.8) is 0 Å². The molecule has 18 heavy (non-hydrogen) atoms. The molecular weight excluding hydrogens is 230 g/mol. The summed E-state index contributed by atoms with van der Waals surface area (Å²) in [5, 5.41) is 0. The van der Waals surface area contributed by atoms with E-state index in [2.05, 4.69) is 6.92 Å². The van der Waals surface area contributed by atoms with Gasteiger partial charge in [-0.3, -0.25) is 9.59 Å². The highest BCUT2D eigenvalue weighted by Gasteiger charge is 2.45.